The van der Waals surface area contributed by atoms with E-state index in [4.69, 9.17) is 11.6 Å². The van der Waals surface area contributed by atoms with Crippen molar-refractivity contribution in [3.63, 3.8) is 0 Å². The fourth-order valence-corrected chi connectivity index (χ4v) is 2.76. The molecule has 0 atom stereocenters. The molecule has 0 unspecified atom stereocenters. The van der Waals surface area contributed by atoms with Gasteiger partial charge in [-0.1, -0.05) is 29.8 Å². The number of aromatic amines is 1. The largest absolute Gasteiger partial charge is 0.319 e. The first-order valence-electron chi connectivity index (χ1n) is 6.20. The number of thiazole rings is 1. The minimum Gasteiger partial charge on any atom is -0.319 e. The quantitative estimate of drug-likeness (QED) is 0.807. The minimum absolute atomic E-state index is 0.345. The highest BCUT2D eigenvalue weighted by Gasteiger charge is 2.07. The average Bonchev–Trinajstić information content (AvgIpc) is 3.13. The van der Waals surface area contributed by atoms with Gasteiger partial charge in [-0.15, -0.1) is 11.3 Å². The zero-order valence-corrected chi connectivity index (χ0v) is 12.4. The Morgan fingerprint density at radius 3 is 3.00 bits per heavy atom. The number of nitrogens with zero attached hydrogens (tertiary/aromatic N) is 3. The molecule has 0 saturated heterocycles. The summed E-state index contributed by atoms with van der Waals surface area (Å²) in [6.45, 7) is 0.568. The lowest BCUT2D eigenvalue weighted by molar-refractivity contribution is 0.0993. The van der Waals surface area contributed by atoms with Crippen LogP contribution in [0.25, 0.3) is 0 Å². The third-order valence-electron chi connectivity index (χ3n) is 2.89. The maximum absolute atomic E-state index is 12.0. The van der Waals surface area contributed by atoms with E-state index in [-0.39, 0.29) is 5.91 Å². The lowest BCUT2D eigenvalue weighted by atomic mass is 10.2. The Labute approximate surface area is 129 Å². The van der Waals surface area contributed by atoms with Crippen LogP contribution in [0.1, 0.15) is 16.1 Å². The van der Waals surface area contributed by atoms with E-state index in [2.05, 4.69) is 15.2 Å². The summed E-state index contributed by atoms with van der Waals surface area (Å²) in [5, 5.41) is 8.94. The van der Waals surface area contributed by atoms with Gasteiger partial charge in [0, 0.05) is 22.8 Å². The number of hydrogen-bond donors (Lipinski definition) is 1. The first kappa shape index (κ1) is 13.8. The predicted molar refractivity (Wildman–Crippen MR) is 81.3 cm³/mol. The molecule has 0 radical (unpaired) electrons. The molecule has 0 aliphatic rings. The maximum atomic E-state index is 12.0. The van der Waals surface area contributed by atoms with E-state index in [1.807, 2.05) is 40.4 Å². The minimum atomic E-state index is -0.345. The van der Waals surface area contributed by atoms with Crippen LogP contribution < -0.4 is 4.80 Å². The predicted octanol–water partition coefficient (Wildman–Crippen LogP) is 2.72. The highest BCUT2D eigenvalue weighted by Crippen LogP contribution is 2.15. The summed E-state index contributed by atoms with van der Waals surface area (Å²) >= 11 is 7.56. The van der Waals surface area contributed by atoms with E-state index in [0.29, 0.717) is 22.1 Å². The number of carbonyl (C=O) groups is 1. The molecule has 106 valence electrons. The Hall–Kier alpha value is -2.18. The van der Waals surface area contributed by atoms with Crippen LogP contribution in [-0.2, 0) is 6.54 Å². The second-order valence-electron chi connectivity index (χ2n) is 4.29. The van der Waals surface area contributed by atoms with Crippen molar-refractivity contribution in [1.82, 2.24) is 14.8 Å². The lowest BCUT2D eigenvalue weighted by Crippen LogP contribution is -2.17. The third kappa shape index (κ3) is 3.12. The van der Waals surface area contributed by atoms with Crippen molar-refractivity contribution in [3.8, 4) is 0 Å². The molecule has 7 heteroatoms. The summed E-state index contributed by atoms with van der Waals surface area (Å²) < 4.78 is 1.89. The first-order valence-corrected chi connectivity index (χ1v) is 7.45. The fourth-order valence-electron chi connectivity index (χ4n) is 1.84. The van der Waals surface area contributed by atoms with Gasteiger partial charge < -0.3 is 4.57 Å². The van der Waals surface area contributed by atoms with Crippen LogP contribution in [0.3, 0.4) is 0 Å². The standard InChI is InChI=1S/C14H11ClN4OS/c15-11-4-2-1-3-10(11)9-19-7-8-21-14(19)17-13(20)12-5-6-16-18-12/h1-8H,9H2,(H,16,18). The summed E-state index contributed by atoms with van der Waals surface area (Å²) in [6.07, 6.45) is 3.40. The number of aromatic nitrogens is 3. The summed E-state index contributed by atoms with van der Waals surface area (Å²) in [7, 11) is 0. The molecule has 0 aliphatic carbocycles. The molecular formula is C14H11ClN4OS. The number of H-pyrrole nitrogens is 1. The molecule has 1 amide bonds. The lowest BCUT2D eigenvalue weighted by Gasteiger charge is -2.05. The zero-order chi connectivity index (χ0) is 14.7. The van der Waals surface area contributed by atoms with Gasteiger partial charge >= 0.3 is 0 Å². The number of carbonyl (C=O) groups excluding carboxylic acids is 1. The summed E-state index contributed by atoms with van der Waals surface area (Å²) in [5.74, 6) is -0.345. The molecule has 1 aromatic carbocycles. The van der Waals surface area contributed by atoms with Crippen molar-refractivity contribution >= 4 is 28.8 Å². The fraction of sp³-hybridized carbons (Fsp3) is 0.0714. The van der Waals surface area contributed by atoms with Crippen molar-refractivity contribution < 1.29 is 4.79 Å². The SMILES string of the molecule is O=C(N=c1sccn1Cc1ccccc1Cl)c1ccn[nH]1. The van der Waals surface area contributed by atoms with Crippen LogP contribution in [0.4, 0.5) is 0 Å². The van der Waals surface area contributed by atoms with Gasteiger partial charge in [-0.3, -0.25) is 9.89 Å². The highest BCUT2D eigenvalue weighted by atomic mass is 35.5. The van der Waals surface area contributed by atoms with Crippen LogP contribution in [0.15, 0.2) is 53.1 Å². The molecule has 0 fully saturated rings. The molecular weight excluding hydrogens is 308 g/mol. The average molecular weight is 319 g/mol. The van der Waals surface area contributed by atoms with Gasteiger partial charge in [0.15, 0.2) is 4.80 Å². The molecule has 0 saturated carbocycles. The first-order chi connectivity index (χ1) is 10.2. The number of hydrogen-bond acceptors (Lipinski definition) is 3. The van der Waals surface area contributed by atoms with Crippen molar-refractivity contribution in [2.24, 2.45) is 4.99 Å². The second kappa shape index (κ2) is 6.07. The molecule has 2 aromatic heterocycles. The van der Waals surface area contributed by atoms with Crippen LogP contribution in [0.2, 0.25) is 5.02 Å². The van der Waals surface area contributed by atoms with Gasteiger partial charge in [0.25, 0.3) is 5.91 Å². The Bertz CT molecular complexity index is 819. The smallest absolute Gasteiger partial charge is 0.297 e. The number of amides is 1. The van der Waals surface area contributed by atoms with Crippen molar-refractivity contribution in [2.75, 3.05) is 0 Å². The number of benzene rings is 1. The summed E-state index contributed by atoms with van der Waals surface area (Å²) in [5.41, 5.74) is 1.35. The monoisotopic (exact) mass is 318 g/mol. The van der Waals surface area contributed by atoms with E-state index < -0.39 is 0 Å². The summed E-state index contributed by atoms with van der Waals surface area (Å²) in [6, 6.07) is 9.21. The number of nitrogens with one attached hydrogen (secondary N) is 1. The van der Waals surface area contributed by atoms with Crippen LogP contribution in [0.5, 0.6) is 0 Å². The molecule has 21 heavy (non-hydrogen) atoms. The molecule has 2 heterocycles. The van der Waals surface area contributed by atoms with Crippen molar-refractivity contribution in [1.29, 1.82) is 0 Å². The number of halogens is 1. The van der Waals surface area contributed by atoms with Crippen molar-refractivity contribution in [3.05, 3.63) is 69.2 Å². The Morgan fingerprint density at radius 1 is 1.38 bits per heavy atom. The Balaban J connectivity index is 1.91. The van der Waals surface area contributed by atoms with E-state index in [0.717, 1.165) is 5.56 Å². The topological polar surface area (TPSA) is 63.0 Å². The maximum Gasteiger partial charge on any atom is 0.297 e. The second-order valence-corrected chi connectivity index (χ2v) is 5.57. The molecule has 0 aliphatic heterocycles. The molecule has 1 N–H and O–H groups in total. The Kier molecular flexibility index (Phi) is 3.98. The summed E-state index contributed by atoms with van der Waals surface area (Å²) in [4.78, 5) is 16.7. The van der Waals surface area contributed by atoms with E-state index in [1.54, 1.807) is 6.07 Å². The van der Waals surface area contributed by atoms with Gasteiger partial charge in [-0.2, -0.15) is 10.1 Å². The van der Waals surface area contributed by atoms with Crippen molar-refractivity contribution in [2.45, 2.75) is 6.54 Å². The van der Waals surface area contributed by atoms with Gasteiger partial charge in [-0.25, -0.2) is 0 Å². The molecule has 0 bridgehead atoms. The molecule has 3 rings (SSSR count). The number of rotatable bonds is 3. The third-order valence-corrected chi connectivity index (χ3v) is 4.05. The van der Waals surface area contributed by atoms with Gasteiger partial charge in [0.05, 0.1) is 6.54 Å². The zero-order valence-electron chi connectivity index (χ0n) is 10.9. The van der Waals surface area contributed by atoms with Gasteiger partial charge in [0.2, 0.25) is 0 Å². The van der Waals surface area contributed by atoms with E-state index in [1.165, 1.54) is 17.5 Å². The van der Waals surface area contributed by atoms with Gasteiger partial charge in [0.1, 0.15) is 5.69 Å². The highest BCUT2D eigenvalue weighted by molar-refractivity contribution is 7.07. The molecule has 5 nitrogen and oxygen atoms in total. The van der Waals surface area contributed by atoms with E-state index >= 15 is 0 Å². The normalized spacial score (nSPS) is 11.8. The van der Waals surface area contributed by atoms with Crippen LogP contribution >= 0.6 is 22.9 Å². The molecule has 0 spiro atoms. The van der Waals surface area contributed by atoms with Crippen LogP contribution in [-0.4, -0.2) is 20.7 Å². The van der Waals surface area contributed by atoms with Crippen LogP contribution in [0, 0.1) is 0 Å². The van der Waals surface area contributed by atoms with Gasteiger partial charge in [-0.05, 0) is 17.7 Å². The Morgan fingerprint density at radius 2 is 2.24 bits per heavy atom. The molecule has 3 aromatic rings. The van der Waals surface area contributed by atoms with E-state index in [9.17, 15) is 4.79 Å².